The molecule has 2 heterocycles. The number of hydrogen-bond acceptors (Lipinski definition) is 6. The predicted molar refractivity (Wildman–Crippen MR) is 113 cm³/mol. The highest BCUT2D eigenvalue weighted by atomic mass is 16.5. The van der Waals surface area contributed by atoms with Crippen molar-refractivity contribution >= 4 is 5.91 Å². The normalized spacial score (nSPS) is 17.0. The Morgan fingerprint density at radius 2 is 1.87 bits per heavy atom. The number of rotatable bonds is 7. The lowest BCUT2D eigenvalue weighted by Crippen LogP contribution is -2.43. The number of ether oxygens (including phenoxy) is 4. The Balaban J connectivity index is 1.52. The maximum Gasteiger partial charge on any atom is 0.251 e. The third-order valence-corrected chi connectivity index (χ3v) is 5.69. The van der Waals surface area contributed by atoms with Crippen LogP contribution in [0.2, 0.25) is 0 Å². The van der Waals surface area contributed by atoms with Crippen LogP contribution in [-0.2, 0) is 11.2 Å². The van der Waals surface area contributed by atoms with Crippen molar-refractivity contribution in [2.45, 2.75) is 12.5 Å². The van der Waals surface area contributed by atoms with E-state index in [9.17, 15) is 4.79 Å². The molecule has 160 valence electrons. The van der Waals surface area contributed by atoms with Gasteiger partial charge in [0.2, 0.25) is 0 Å². The van der Waals surface area contributed by atoms with Crippen molar-refractivity contribution in [3.63, 3.8) is 0 Å². The van der Waals surface area contributed by atoms with E-state index in [-0.39, 0.29) is 11.9 Å². The van der Waals surface area contributed by atoms with Crippen LogP contribution >= 0.6 is 0 Å². The Kier molecular flexibility index (Phi) is 6.40. The summed E-state index contributed by atoms with van der Waals surface area (Å²) in [6.07, 6.45) is 0.846. The summed E-state index contributed by atoms with van der Waals surface area (Å²) in [6, 6.07) is 11.6. The second-order valence-corrected chi connectivity index (χ2v) is 7.41. The fourth-order valence-corrected chi connectivity index (χ4v) is 4.03. The zero-order chi connectivity index (χ0) is 20.9. The van der Waals surface area contributed by atoms with Crippen molar-refractivity contribution in [1.29, 1.82) is 0 Å². The summed E-state index contributed by atoms with van der Waals surface area (Å²) >= 11 is 0. The molecule has 1 fully saturated rings. The molecule has 4 rings (SSSR count). The number of carbonyl (C=O) groups excluding carboxylic acids is 1. The molecule has 0 bridgehead atoms. The van der Waals surface area contributed by atoms with Gasteiger partial charge in [-0.1, -0.05) is 6.07 Å². The van der Waals surface area contributed by atoms with E-state index in [1.165, 1.54) is 0 Å². The monoisotopic (exact) mass is 412 g/mol. The maximum atomic E-state index is 12.8. The fraction of sp³-hybridized carbons (Fsp3) is 0.435. The van der Waals surface area contributed by atoms with Gasteiger partial charge in [0.15, 0.2) is 11.5 Å². The van der Waals surface area contributed by atoms with E-state index in [0.29, 0.717) is 43.4 Å². The molecule has 0 spiro atoms. The molecule has 7 nitrogen and oxygen atoms in total. The van der Waals surface area contributed by atoms with Crippen LogP contribution in [0.25, 0.3) is 0 Å². The molecule has 1 N–H and O–H groups in total. The Morgan fingerprint density at radius 3 is 2.63 bits per heavy atom. The summed E-state index contributed by atoms with van der Waals surface area (Å²) in [5.41, 5.74) is 2.82. The zero-order valence-corrected chi connectivity index (χ0v) is 17.5. The SMILES string of the molecule is COc1ccc([C@H](CNC(=O)c2ccc3c(c2)CCO3)N2CCOCC2)cc1OC. The number of nitrogens with one attached hydrogen (secondary N) is 1. The van der Waals surface area contributed by atoms with Gasteiger partial charge in [0, 0.05) is 31.6 Å². The van der Waals surface area contributed by atoms with Crippen molar-refractivity contribution in [3.05, 3.63) is 53.1 Å². The predicted octanol–water partition coefficient (Wildman–Crippen LogP) is 2.44. The van der Waals surface area contributed by atoms with Gasteiger partial charge in [0.05, 0.1) is 40.1 Å². The van der Waals surface area contributed by atoms with Crippen molar-refractivity contribution < 1.29 is 23.7 Å². The van der Waals surface area contributed by atoms with Gasteiger partial charge in [-0.15, -0.1) is 0 Å². The number of morpholine rings is 1. The molecule has 0 aromatic heterocycles. The lowest BCUT2D eigenvalue weighted by molar-refractivity contribution is 0.0162. The average Bonchev–Trinajstić information content (AvgIpc) is 3.27. The first kappa shape index (κ1) is 20.5. The number of nitrogens with zero attached hydrogens (tertiary/aromatic N) is 1. The first-order chi connectivity index (χ1) is 14.7. The van der Waals surface area contributed by atoms with Crippen molar-refractivity contribution in [1.82, 2.24) is 10.2 Å². The summed E-state index contributed by atoms with van der Waals surface area (Å²) in [5.74, 6) is 2.16. The van der Waals surface area contributed by atoms with Crippen molar-refractivity contribution in [3.8, 4) is 17.2 Å². The molecule has 0 radical (unpaired) electrons. The summed E-state index contributed by atoms with van der Waals surface area (Å²) < 4.78 is 21.9. The zero-order valence-electron chi connectivity index (χ0n) is 17.5. The van der Waals surface area contributed by atoms with Crippen LogP contribution in [0.5, 0.6) is 17.2 Å². The van der Waals surface area contributed by atoms with Crippen molar-refractivity contribution in [2.24, 2.45) is 0 Å². The standard InChI is InChI=1S/C23H28N2O5/c1-27-21-6-3-16(14-22(21)28-2)19(25-8-11-29-12-9-25)15-24-23(26)18-4-5-20-17(13-18)7-10-30-20/h3-6,13-14,19H,7-12,15H2,1-2H3,(H,24,26)/t19-/m0/s1. The largest absolute Gasteiger partial charge is 0.493 e. The minimum Gasteiger partial charge on any atom is -0.493 e. The lowest BCUT2D eigenvalue weighted by atomic mass is 10.0. The minimum absolute atomic E-state index is 0.00965. The molecule has 2 aromatic rings. The van der Waals surface area contributed by atoms with Crippen LogP contribution in [0, 0.1) is 0 Å². The molecule has 1 amide bonds. The second-order valence-electron chi connectivity index (χ2n) is 7.41. The van der Waals surface area contributed by atoms with Gasteiger partial charge in [0.1, 0.15) is 5.75 Å². The van der Waals surface area contributed by atoms with E-state index in [4.69, 9.17) is 18.9 Å². The van der Waals surface area contributed by atoms with Gasteiger partial charge in [0.25, 0.3) is 5.91 Å². The third-order valence-electron chi connectivity index (χ3n) is 5.69. The van der Waals surface area contributed by atoms with E-state index >= 15 is 0 Å². The molecule has 2 aliphatic heterocycles. The fourth-order valence-electron chi connectivity index (χ4n) is 4.03. The molecule has 30 heavy (non-hydrogen) atoms. The summed E-state index contributed by atoms with van der Waals surface area (Å²) in [7, 11) is 3.25. The summed E-state index contributed by atoms with van der Waals surface area (Å²) in [6.45, 7) is 4.15. The van der Waals surface area contributed by atoms with Crippen LogP contribution in [0.15, 0.2) is 36.4 Å². The number of fused-ring (bicyclic) bond motifs is 1. The average molecular weight is 412 g/mol. The Morgan fingerprint density at radius 1 is 1.07 bits per heavy atom. The summed E-state index contributed by atoms with van der Waals surface area (Å²) in [5, 5.41) is 3.12. The maximum absolute atomic E-state index is 12.8. The van der Waals surface area contributed by atoms with Crippen LogP contribution in [-0.4, -0.2) is 64.5 Å². The number of hydrogen-bond donors (Lipinski definition) is 1. The smallest absolute Gasteiger partial charge is 0.251 e. The van der Waals surface area contributed by atoms with Gasteiger partial charge in [-0.2, -0.15) is 0 Å². The molecule has 7 heteroatoms. The second kappa shape index (κ2) is 9.36. The van der Waals surface area contributed by atoms with E-state index < -0.39 is 0 Å². The highest BCUT2D eigenvalue weighted by Gasteiger charge is 2.25. The molecule has 1 saturated heterocycles. The van der Waals surface area contributed by atoms with Crippen molar-refractivity contribution in [2.75, 3.05) is 53.7 Å². The molecule has 0 saturated carbocycles. The minimum atomic E-state index is -0.0802. The third kappa shape index (κ3) is 4.37. The molecule has 1 atom stereocenters. The summed E-state index contributed by atoms with van der Waals surface area (Å²) in [4.78, 5) is 15.2. The Hall–Kier alpha value is -2.77. The molecule has 0 unspecified atom stereocenters. The Labute approximate surface area is 176 Å². The first-order valence-electron chi connectivity index (χ1n) is 10.3. The quantitative estimate of drug-likeness (QED) is 0.753. The highest BCUT2D eigenvalue weighted by Crippen LogP contribution is 2.32. The van der Waals surface area contributed by atoms with E-state index in [1.54, 1.807) is 14.2 Å². The molecule has 2 aromatic carbocycles. The van der Waals surface area contributed by atoms with Gasteiger partial charge in [-0.05, 0) is 41.5 Å². The van der Waals surface area contributed by atoms with Crippen LogP contribution in [0.1, 0.15) is 27.5 Å². The van der Waals surface area contributed by atoms with E-state index in [1.807, 2.05) is 36.4 Å². The molecular weight excluding hydrogens is 384 g/mol. The van der Waals surface area contributed by atoms with Crippen LogP contribution in [0.3, 0.4) is 0 Å². The molecule has 2 aliphatic rings. The van der Waals surface area contributed by atoms with Gasteiger partial charge < -0.3 is 24.3 Å². The lowest BCUT2D eigenvalue weighted by Gasteiger charge is -2.35. The molecular formula is C23H28N2O5. The highest BCUT2D eigenvalue weighted by molar-refractivity contribution is 5.94. The molecule has 0 aliphatic carbocycles. The number of benzene rings is 2. The van der Waals surface area contributed by atoms with Gasteiger partial charge in [-0.25, -0.2) is 0 Å². The van der Waals surface area contributed by atoms with Crippen LogP contribution in [0.4, 0.5) is 0 Å². The Bertz CT molecular complexity index is 895. The number of carbonyl (C=O) groups is 1. The van der Waals surface area contributed by atoms with E-state index in [0.717, 1.165) is 36.4 Å². The van der Waals surface area contributed by atoms with E-state index in [2.05, 4.69) is 10.2 Å². The number of methoxy groups -OCH3 is 2. The van der Waals surface area contributed by atoms with Gasteiger partial charge >= 0.3 is 0 Å². The van der Waals surface area contributed by atoms with Crippen LogP contribution < -0.4 is 19.5 Å². The topological polar surface area (TPSA) is 69.3 Å². The van der Waals surface area contributed by atoms with Gasteiger partial charge in [-0.3, -0.25) is 9.69 Å². The first-order valence-corrected chi connectivity index (χ1v) is 10.3. The number of amides is 1.